The summed E-state index contributed by atoms with van der Waals surface area (Å²) >= 11 is 14.4. The summed E-state index contributed by atoms with van der Waals surface area (Å²) in [6.07, 6.45) is 0. The molecule has 3 aromatic rings. The van der Waals surface area contributed by atoms with Crippen LogP contribution in [-0.4, -0.2) is 5.78 Å². The zero-order chi connectivity index (χ0) is 18.5. The second-order valence-corrected chi connectivity index (χ2v) is 8.44. The van der Waals surface area contributed by atoms with Crippen molar-refractivity contribution < 1.29 is 4.79 Å². The topological polar surface area (TPSA) is 29.1 Å². The second-order valence-electron chi connectivity index (χ2n) is 6.45. The summed E-state index contributed by atoms with van der Waals surface area (Å²) in [5.74, 6) is 0.0365. The molecule has 5 rings (SSSR count). The molecule has 0 unspecified atom stereocenters. The van der Waals surface area contributed by atoms with Crippen LogP contribution in [-0.2, 0) is 0 Å². The quantitative estimate of drug-likeness (QED) is 0.475. The minimum absolute atomic E-state index is 0.0365. The van der Waals surface area contributed by atoms with Crippen molar-refractivity contribution in [1.82, 2.24) is 0 Å². The lowest BCUT2D eigenvalue weighted by Crippen LogP contribution is -2.08. The molecule has 2 aliphatic rings. The Balaban J connectivity index is 1.78. The van der Waals surface area contributed by atoms with Crippen LogP contribution in [0.25, 0.3) is 5.70 Å². The van der Waals surface area contributed by atoms with Gasteiger partial charge in [0.2, 0.25) is 0 Å². The third kappa shape index (κ3) is 2.69. The Morgan fingerprint density at radius 3 is 2.48 bits per heavy atom. The van der Waals surface area contributed by atoms with Crippen LogP contribution in [0, 0.1) is 0 Å². The first-order valence-corrected chi connectivity index (χ1v) is 10.1. The van der Waals surface area contributed by atoms with Crippen LogP contribution in [0.5, 0.6) is 0 Å². The van der Waals surface area contributed by atoms with Crippen LogP contribution in [0.4, 0.5) is 5.69 Å². The van der Waals surface area contributed by atoms with Gasteiger partial charge < -0.3 is 5.32 Å². The number of Topliss-reactive ketones (excluding diaryl/α,β-unsaturated/α-hetero) is 1. The molecule has 132 valence electrons. The van der Waals surface area contributed by atoms with Crippen molar-refractivity contribution in [2.45, 2.75) is 10.1 Å². The van der Waals surface area contributed by atoms with Crippen molar-refractivity contribution in [2.75, 3.05) is 5.32 Å². The van der Waals surface area contributed by atoms with Gasteiger partial charge in [-0.05, 0) is 35.9 Å². The number of carbonyl (C=O) groups excluding carboxylic acids is 1. The van der Waals surface area contributed by atoms with E-state index in [1.54, 1.807) is 23.9 Å². The highest BCUT2D eigenvalue weighted by Crippen LogP contribution is 2.53. The largest absolute Gasteiger partial charge is 0.354 e. The van der Waals surface area contributed by atoms with Gasteiger partial charge in [-0.25, -0.2) is 0 Å². The minimum atomic E-state index is -0.248. The number of hydrogen-bond donors (Lipinski definition) is 1. The molecular formula is C22H13Cl2NOS. The van der Waals surface area contributed by atoms with E-state index in [-0.39, 0.29) is 11.0 Å². The molecule has 0 amide bonds. The Hall–Kier alpha value is -2.20. The van der Waals surface area contributed by atoms with E-state index in [1.165, 1.54) is 0 Å². The van der Waals surface area contributed by atoms with Gasteiger partial charge in [-0.3, -0.25) is 4.79 Å². The van der Waals surface area contributed by atoms with Gasteiger partial charge in [0.1, 0.15) is 0 Å². The van der Waals surface area contributed by atoms with Crippen LogP contribution >= 0.6 is 35.0 Å². The standard InChI is InChI=1S/C22H13Cl2NOS/c23-12-9-10-16(24)15(11-12)22-19-20(13-5-1-2-6-14(13)21(19)26)25-17-7-3-4-8-18(17)27-22/h1-11,22,25H/t22-/m1/s1. The van der Waals surface area contributed by atoms with Gasteiger partial charge in [0.25, 0.3) is 0 Å². The fourth-order valence-electron chi connectivity index (χ4n) is 3.62. The summed E-state index contributed by atoms with van der Waals surface area (Å²) in [6, 6.07) is 21.2. The van der Waals surface area contributed by atoms with Crippen LogP contribution in [0.15, 0.2) is 77.2 Å². The van der Waals surface area contributed by atoms with Gasteiger partial charge in [-0.15, -0.1) is 11.8 Å². The predicted molar refractivity (Wildman–Crippen MR) is 113 cm³/mol. The Kier molecular flexibility index (Phi) is 4.05. The highest BCUT2D eigenvalue weighted by Gasteiger charge is 2.38. The highest BCUT2D eigenvalue weighted by molar-refractivity contribution is 8.00. The molecule has 0 fully saturated rings. The molecule has 0 bridgehead atoms. The third-order valence-corrected chi connectivity index (χ3v) is 6.76. The first kappa shape index (κ1) is 16.9. The molecule has 0 aromatic heterocycles. The van der Waals surface area contributed by atoms with Gasteiger partial charge in [0.15, 0.2) is 5.78 Å². The molecule has 1 atom stereocenters. The van der Waals surface area contributed by atoms with Crippen molar-refractivity contribution in [3.8, 4) is 0 Å². The summed E-state index contributed by atoms with van der Waals surface area (Å²) in [5.41, 5.74) is 5.06. The summed E-state index contributed by atoms with van der Waals surface area (Å²) in [7, 11) is 0. The van der Waals surface area contributed by atoms with Crippen LogP contribution < -0.4 is 5.32 Å². The number of anilines is 1. The number of para-hydroxylation sites is 1. The molecule has 3 aromatic carbocycles. The van der Waals surface area contributed by atoms with Gasteiger partial charge in [0, 0.05) is 31.6 Å². The average Bonchev–Trinajstić information content (AvgIpc) is 2.85. The summed E-state index contributed by atoms with van der Waals surface area (Å²) in [4.78, 5) is 14.4. The van der Waals surface area contributed by atoms with E-state index in [4.69, 9.17) is 23.2 Å². The fourth-order valence-corrected chi connectivity index (χ4v) is 5.41. The summed E-state index contributed by atoms with van der Waals surface area (Å²) in [5, 5.41) is 4.46. The summed E-state index contributed by atoms with van der Waals surface area (Å²) < 4.78 is 0. The molecule has 0 radical (unpaired) electrons. The number of benzene rings is 3. The molecule has 1 aliphatic carbocycles. The van der Waals surface area contributed by atoms with Crippen molar-refractivity contribution in [3.05, 3.63) is 99.0 Å². The number of rotatable bonds is 1. The molecule has 5 heteroatoms. The molecule has 27 heavy (non-hydrogen) atoms. The Morgan fingerprint density at radius 2 is 1.63 bits per heavy atom. The fraction of sp³-hybridized carbons (Fsp3) is 0.0455. The molecule has 1 N–H and O–H groups in total. The predicted octanol–water partition coefficient (Wildman–Crippen LogP) is 6.86. The van der Waals surface area contributed by atoms with Crippen molar-refractivity contribution in [2.24, 2.45) is 0 Å². The Labute approximate surface area is 171 Å². The zero-order valence-electron chi connectivity index (χ0n) is 14.0. The SMILES string of the molecule is O=C1C2=C(Nc3ccccc3S[C@@H]2c2cc(Cl)ccc2Cl)c2ccccc21. The van der Waals surface area contributed by atoms with Crippen LogP contribution in [0.2, 0.25) is 10.0 Å². The smallest absolute Gasteiger partial charge is 0.193 e. The lowest BCUT2D eigenvalue weighted by molar-refractivity contribution is 0.103. The number of thioether (sulfide) groups is 1. The lowest BCUT2D eigenvalue weighted by Gasteiger charge is -2.19. The molecule has 1 heterocycles. The normalized spacial score (nSPS) is 17.7. The lowest BCUT2D eigenvalue weighted by atomic mass is 10.0. The number of ketones is 1. The average molecular weight is 410 g/mol. The van der Waals surface area contributed by atoms with E-state index in [0.717, 1.165) is 38.5 Å². The van der Waals surface area contributed by atoms with Gasteiger partial charge in [0.05, 0.1) is 16.6 Å². The van der Waals surface area contributed by atoms with Gasteiger partial charge in [-0.2, -0.15) is 0 Å². The monoisotopic (exact) mass is 409 g/mol. The molecule has 2 nitrogen and oxygen atoms in total. The van der Waals surface area contributed by atoms with Crippen LogP contribution in [0.3, 0.4) is 0 Å². The first-order valence-electron chi connectivity index (χ1n) is 8.49. The maximum absolute atomic E-state index is 13.3. The molecule has 0 saturated heterocycles. The molecule has 0 spiro atoms. The number of carbonyl (C=O) groups is 1. The van der Waals surface area contributed by atoms with E-state index >= 15 is 0 Å². The van der Waals surface area contributed by atoms with E-state index in [0.29, 0.717) is 10.0 Å². The maximum Gasteiger partial charge on any atom is 0.193 e. The van der Waals surface area contributed by atoms with Crippen molar-refractivity contribution >= 4 is 52.1 Å². The third-order valence-electron chi connectivity index (χ3n) is 4.85. The molecular weight excluding hydrogens is 397 g/mol. The van der Waals surface area contributed by atoms with E-state index in [1.807, 2.05) is 48.5 Å². The van der Waals surface area contributed by atoms with E-state index in [2.05, 4.69) is 11.4 Å². The van der Waals surface area contributed by atoms with Crippen molar-refractivity contribution in [3.63, 3.8) is 0 Å². The summed E-state index contributed by atoms with van der Waals surface area (Å²) in [6.45, 7) is 0. The number of fused-ring (bicyclic) bond motifs is 3. The second kappa shape index (κ2) is 6.45. The Bertz CT molecular complexity index is 1140. The highest BCUT2D eigenvalue weighted by atomic mass is 35.5. The minimum Gasteiger partial charge on any atom is -0.354 e. The molecule has 0 saturated carbocycles. The van der Waals surface area contributed by atoms with Crippen molar-refractivity contribution in [1.29, 1.82) is 0 Å². The molecule has 1 aliphatic heterocycles. The number of hydrogen-bond acceptors (Lipinski definition) is 3. The van der Waals surface area contributed by atoms with Gasteiger partial charge >= 0.3 is 0 Å². The van der Waals surface area contributed by atoms with E-state index < -0.39 is 0 Å². The Morgan fingerprint density at radius 1 is 0.889 bits per heavy atom. The number of nitrogens with one attached hydrogen (secondary N) is 1. The number of halogens is 2. The zero-order valence-corrected chi connectivity index (χ0v) is 16.3. The van der Waals surface area contributed by atoms with Gasteiger partial charge in [-0.1, -0.05) is 59.6 Å². The first-order chi connectivity index (χ1) is 13.1. The maximum atomic E-state index is 13.3. The van der Waals surface area contributed by atoms with Crippen LogP contribution in [0.1, 0.15) is 26.7 Å². The van der Waals surface area contributed by atoms with E-state index in [9.17, 15) is 4.79 Å².